The Kier molecular flexibility index (Phi) is 6.13. The second kappa shape index (κ2) is 9.11. The molecule has 35 heavy (non-hydrogen) atoms. The maximum Gasteiger partial charge on any atom is 0.420 e. The molecule has 0 fully saturated rings. The average molecular weight is 487 g/mol. The Bertz CT molecular complexity index is 1260. The lowest BCUT2D eigenvalue weighted by Crippen LogP contribution is -2.38. The van der Waals surface area contributed by atoms with Gasteiger partial charge in [0.15, 0.2) is 11.6 Å². The van der Waals surface area contributed by atoms with Gasteiger partial charge < -0.3 is 15.0 Å². The summed E-state index contributed by atoms with van der Waals surface area (Å²) in [4.78, 5) is 10.3. The molecule has 2 aliphatic heterocycles. The molecule has 0 saturated carbocycles. The minimum atomic E-state index is -4.66. The second-order valence-electron chi connectivity index (χ2n) is 9.19. The number of aromatic nitrogens is 2. The van der Waals surface area contributed by atoms with Crippen LogP contribution in [-0.2, 0) is 25.6 Å². The van der Waals surface area contributed by atoms with Crippen molar-refractivity contribution < 1.29 is 22.3 Å². The molecule has 9 heteroatoms. The minimum Gasteiger partial charge on any atom is -0.489 e. The van der Waals surface area contributed by atoms with Crippen molar-refractivity contribution in [2.24, 2.45) is 0 Å². The lowest BCUT2D eigenvalue weighted by Gasteiger charge is -2.36. The van der Waals surface area contributed by atoms with Gasteiger partial charge in [-0.3, -0.25) is 0 Å². The number of fused-ring (bicyclic) bond motifs is 2. The molecule has 2 aromatic carbocycles. The molecule has 0 aliphatic carbocycles. The lowest BCUT2D eigenvalue weighted by atomic mass is 9.97. The van der Waals surface area contributed by atoms with Crippen molar-refractivity contribution in [3.63, 3.8) is 0 Å². The normalized spacial score (nSPS) is 15.6. The molecule has 0 amide bonds. The number of nitrogens with zero attached hydrogens (tertiary/aromatic N) is 3. The number of benzene rings is 2. The summed E-state index contributed by atoms with van der Waals surface area (Å²) in [5.41, 5.74) is 2.70. The van der Waals surface area contributed by atoms with Crippen LogP contribution in [0.1, 0.15) is 41.9 Å². The van der Waals surface area contributed by atoms with Crippen molar-refractivity contribution in [3.05, 3.63) is 70.4 Å². The highest BCUT2D eigenvalue weighted by Crippen LogP contribution is 2.46. The van der Waals surface area contributed by atoms with E-state index in [-0.39, 0.29) is 35.3 Å². The van der Waals surface area contributed by atoms with Gasteiger partial charge in [0.05, 0.1) is 18.4 Å². The van der Waals surface area contributed by atoms with Crippen LogP contribution in [0.25, 0.3) is 11.3 Å². The molecule has 0 atom stereocenters. The van der Waals surface area contributed by atoms with Crippen LogP contribution in [0, 0.1) is 5.82 Å². The first-order chi connectivity index (χ1) is 16.7. The van der Waals surface area contributed by atoms with Crippen molar-refractivity contribution in [3.8, 4) is 17.0 Å². The molecular weight excluding hydrogens is 460 g/mol. The molecule has 1 N–H and O–H groups in total. The number of rotatable bonds is 4. The molecule has 1 aromatic heterocycles. The van der Waals surface area contributed by atoms with Crippen LogP contribution in [0.5, 0.6) is 5.75 Å². The van der Waals surface area contributed by atoms with Crippen molar-refractivity contribution in [1.29, 1.82) is 0 Å². The summed E-state index contributed by atoms with van der Waals surface area (Å²) in [7, 11) is 0. The Morgan fingerprint density at radius 3 is 2.74 bits per heavy atom. The van der Waals surface area contributed by atoms with E-state index in [0.29, 0.717) is 18.8 Å². The maximum atomic E-state index is 14.9. The second-order valence-corrected chi connectivity index (χ2v) is 9.19. The molecule has 5 rings (SSSR count). The van der Waals surface area contributed by atoms with Gasteiger partial charge in [0, 0.05) is 24.6 Å². The predicted octanol–water partition coefficient (Wildman–Crippen LogP) is 5.15. The zero-order valence-electron chi connectivity index (χ0n) is 19.5. The fourth-order valence-corrected chi connectivity index (χ4v) is 4.75. The molecule has 5 nitrogen and oxygen atoms in total. The van der Waals surface area contributed by atoms with E-state index < -0.39 is 17.6 Å². The Morgan fingerprint density at radius 1 is 1.14 bits per heavy atom. The van der Waals surface area contributed by atoms with Crippen molar-refractivity contribution in [2.45, 2.75) is 45.5 Å². The molecule has 0 radical (unpaired) electrons. The number of ether oxygens (including phenoxy) is 1. The van der Waals surface area contributed by atoms with Crippen molar-refractivity contribution in [2.75, 3.05) is 24.6 Å². The largest absolute Gasteiger partial charge is 0.489 e. The summed E-state index contributed by atoms with van der Waals surface area (Å²) in [6.07, 6.45) is -2.33. The van der Waals surface area contributed by atoms with Gasteiger partial charge in [-0.15, -0.1) is 0 Å². The lowest BCUT2D eigenvalue weighted by molar-refractivity contribution is -0.139. The van der Waals surface area contributed by atoms with Gasteiger partial charge in [0.1, 0.15) is 23.7 Å². The van der Waals surface area contributed by atoms with E-state index in [4.69, 9.17) is 4.74 Å². The first-order valence-electron chi connectivity index (χ1n) is 11.7. The van der Waals surface area contributed by atoms with E-state index in [1.807, 2.05) is 24.8 Å². The topological polar surface area (TPSA) is 50.3 Å². The summed E-state index contributed by atoms with van der Waals surface area (Å²) in [6, 6.07) is 8.54. The monoisotopic (exact) mass is 486 g/mol. The maximum absolute atomic E-state index is 14.9. The van der Waals surface area contributed by atoms with E-state index in [9.17, 15) is 17.6 Å². The van der Waals surface area contributed by atoms with Crippen LogP contribution < -0.4 is 15.0 Å². The summed E-state index contributed by atoms with van der Waals surface area (Å²) in [5.74, 6) is -0.656. The smallest absolute Gasteiger partial charge is 0.420 e. The van der Waals surface area contributed by atoms with E-state index in [1.54, 1.807) is 0 Å². The number of hydrogen-bond donors (Lipinski definition) is 1. The van der Waals surface area contributed by atoms with Crippen molar-refractivity contribution in [1.82, 2.24) is 15.3 Å². The number of nitrogens with one attached hydrogen (secondary N) is 1. The van der Waals surface area contributed by atoms with Gasteiger partial charge in [0.25, 0.3) is 0 Å². The molecule has 0 spiro atoms. The zero-order chi connectivity index (χ0) is 24.7. The first kappa shape index (κ1) is 23.5. The highest BCUT2D eigenvalue weighted by atomic mass is 19.4. The van der Waals surface area contributed by atoms with Gasteiger partial charge in [-0.05, 0) is 55.6 Å². The van der Waals surface area contributed by atoms with Gasteiger partial charge >= 0.3 is 6.18 Å². The Balaban J connectivity index is 1.56. The molecule has 0 unspecified atom stereocenters. The summed E-state index contributed by atoms with van der Waals surface area (Å²) >= 11 is 0. The van der Waals surface area contributed by atoms with Crippen LogP contribution in [0.15, 0.2) is 36.5 Å². The van der Waals surface area contributed by atoms with Gasteiger partial charge in [0.2, 0.25) is 0 Å². The van der Waals surface area contributed by atoms with Crippen LogP contribution >= 0.6 is 0 Å². The molecule has 3 aromatic rings. The SMILES string of the molecule is CC(C)N1CCOc2c1cc(-c1nc(Cc3ccc4c(c3)CNCC4)ncc1F)cc2C(F)(F)F. The third kappa shape index (κ3) is 4.69. The van der Waals surface area contributed by atoms with E-state index in [0.717, 1.165) is 37.3 Å². The number of halogens is 4. The Hall–Kier alpha value is -3.20. The van der Waals surface area contributed by atoms with Gasteiger partial charge in [-0.1, -0.05) is 18.2 Å². The summed E-state index contributed by atoms with van der Waals surface area (Å²) in [5, 5.41) is 3.34. The third-order valence-electron chi connectivity index (χ3n) is 6.47. The average Bonchev–Trinajstić information content (AvgIpc) is 2.83. The first-order valence-corrected chi connectivity index (χ1v) is 11.7. The quantitative estimate of drug-likeness (QED) is 0.518. The fourth-order valence-electron chi connectivity index (χ4n) is 4.75. The number of hydrogen-bond acceptors (Lipinski definition) is 5. The third-order valence-corrected chi connectivity index (χ3v) is 6.47. The number of anilines is 1. The molecule has 184 valence electrons. The molecule has 3 heterocycles. The van der Waals surface area contributed by atoms with Gasteiger partial charge in [-0.2, -0.15) is 13.2 Å². The van der Waals surface area contributed by atoms with E-state index >= 15 is 0 Å². The van der Waals surface area contributed by atoms with Gasteiger partial charge in [-0.25, -0.2) is 14.4 Å². The minimum absolute atomic E-state index is 0.0445. The highest BCUT2D eigenvalue weighted by Gasteiger charge is 2.39. The standard InChI is InChI=1S/C26H26F4N4O/c1-15(2)34-7-8-35-25-20(26(28,29)30)11-18(12-22(25)34)24-21(27)14-32-23(33-24)10-16-3-4-17-5-6-31-13-19(17)9-16/h3-4,9,11-12,14-15,31H,5-8,10,13H2,1-2H3. The van der Waals surface area contributed by atoms with Crippen LogP contribution in [-0.4, -0.2) is 35.7 Å². The molecule has 2 aliphatic rings. The van der Waals surface area contributed by atoms with Crippen molar-refractivity contribution >= 4 is 5.69 Å². The highest BCUT2D eigenvalue weighted by molar-refractivity contribution is 5.75. The summed E-state index contributed by atoms with van der Waals surface area (Å²) in [6.45, 7) is 6.10. The molecule has 0 saturated heterocycles. The Morgan fingerprint density at radius 2 is 1.97 bits per heavy atom. The van der Waals surface area contributed by atoms with Crippen LogP contribution in [0.4, 0.5) is 23.2 Å². The van der Waals surface area contributed by atoms with E-state index in [1.165, 1.54) is 17.2 Å². The molecule has 0 bridgehead atoms. The zero-order valence-corrected chi connectivity index (χ0v) is 19.5. The van der Waals surface area contributed by atoms with E-state index in [2.05, 4.69) is 27.4 Å². The molecular formula is C26H26F4N4O. The number of alkyl halides is 3. The van der Waals surface area contributed by atoms with Crippen LogP contribution in [0.3, 0.4) is 0 Å². The summed E-state index contributed by atoms with van der Waals surface area (Å²) < 4.78 is 62.2. The fraction of sp³-hybridized carbons (Fsp3) is 0.385. The van der Waals surface area contributed by atoms with Crippen LogP contribution in [0.2, 0.25) is 0 Å². The predicted molar refractivity (Wildman–Crippen MR) is 125 cm³/mol. The Labute approximate surface area is 201 Å².